The van der Waals surface area contributed by atoms with Gasteiger partial charge in [0.15, 0.2) is 5.96 Å². The first-order valence-corrected chi connectivity index (χ1v) is 8.85. The summed E-state index contributed by atoms with van der Waals surface area (Å²) >= 11 is 1.70. The number of halogens is 1. The largest absolute Gasteiger partial charge is 0.368 e. The highest BCUT2D eigenvalue weighted by Crippen LogP contribution is 2.17. The third kappa shape index (κ3) is 4.03. The Bertz CT molecular complexity index is 689. The van der Waals surface area contributed by atoms with Crippen molar-refractivity contribution in [2.45, 2.75) is 13.5 Å². The molecule has 0 radical (unpaired) electrons. The van der Waals surface area contributed by atoms with Crippen molar-refractivity contribution in [1.29, 1.82) is 0 Å². The van der Waals surface area contributed by atoms with E-state index in [0.29, 0.717) is 0 Å². The molecule has 24 heavy (non-hydrogen) atoms. The number of aromatic nitrogens is 1. The fraction of sp³-hybridized carbons (Fsp3) is 0.412. The number of piperazine rings is 1. The molecule has 128 valence electrons. The molecular formula is C17H22FN5S. The molecular weight excluding hydrogens is 325 g/mol. The SMILES string of the molecule is CN=C(NCc1cnc(C)s1)N1CCN(c2ccc(F)cc2)CC1. The minimum Gasteiger partial charge on any atom is -0.368 e. The molecule has 1 aromatic carbocycles. The summed E-state index contributed by atoms with van der Waals surface area (Å²) in [7, 11) is 1.81. The summed E-state index contributed by atoms with van der Waals surface area (Å²) in [5.41, 5.74) is 1.07. The monoisotopic (exact) mass is 347 g/mol. The molecule has 0 spiro atoms. The number of aliphatic imine (C=N–C) groups is 1. The second-order valence-electron chi connectivity index (χ2n) is 5.70. The molecule has 1 N–H and O–H groups in total. The van der Waals surface area contributed by atoms with Gasteiger partial charge in [-0.2, -0.15) is 0 Å². The molecule has 3 rings (SSSR count). The van der Waals surface area contributed by atoms with Crippen molar-refractivity contribution in [3.05, 3.63) is 46.2 Å². The Morgan fingerprint density at radius 2 is 1.96 bits per heavy atom. The molecule has 0 saturated carbocycles. The lowest BCUT2D eigenvalue weighted by molar-refractivity contribution is 0.372. The van der Waals surface area contributed by atoms with Gasteiger partial charge in [0.2, 0.25) is 0 Å². The summed E-state index contributed by atoms with van der Waals surface area (Å²) in [5, 5.41) is 4.49. The third-order valence-corrected chi connectivity index (χ3v) is 4.99. The molecule has 1 aliphatic heterocycles. The van der Waals surface area contributed by atoms with Crippen LogP contribution in [-0.2, 0) is 6.54 Å². The number of thiazole rings is 1. The summed E-state index contributed by atoms with van der Waals surface area (Å²) in [6.45, 7) is 6.32. The highest BCUT2D eigenvalue weighted by molar-refractivity contribution is 7.11. The van der Waals surface area contributed by atoms with E-state index in [1.54, 1.807) is 11.3 Å². The van der Waals surface area contributed by atoms with Gasteiger partial charge in [0.25, 0.3) is 0 Å². The fourth-order valence-electron chi connectivity index (χ4n) is 2.81. The van der Waals surface area contributed by atoms with Crippen molar-refractivity contribution >= 4 is 23.0 Å². The summed E-state index contributed by atoms with van der Waals surface area (Å²) in [4.78, 5) is 14.4. The number of nitrogens with zero attached hydrogens (tertiary/aromatic N) is 4. The molecule has 0 atom stereocenters. The van der Waals surface area contributed by atoms with Crippen LogP contribution in [0.4, 0.5) is 10.1 Å². The summed E-state index contributed by atoms with van der Waals surface area (Å²) in [6.07, 6.45) is 1.91. The molecule has 0 aliphatic carbocycles. The molecule has 0 amide bonds. The molecule has 1 saturated heterocycles. The number of nitrogens with one attached hydrogen (secondary N) is 1. The number of anilines is 1. The minimum absolute atomic E-state index is 0.194. The molecule has 1 fully saturated rings. The van der Waals surface area contributed by atoms with Gasteiger partial charge in [-0.3, -0.25) is 4.99 Å². The summed E-state index contributed by atoms with van der Waals surface area (Å²) in [5.74, 6) is 0.722. The Labute approximate surface area is 145 Å². The van der Waals surface area contributed by atoms with E-state index in [2.05, 4.69) is 25.1 Å². The van der Waals surface area contributed by atoms with Crippen LogP contribution >= 0.6 is 11.3 Å². The van der Waals surface area contributed by atoms with E-state index < -0.39 is 0 Å². The zero-order valence-electron chi connectivity index (χ0n) is 14.0. The lowest BCUT2D eigenvalue weighted by Gasteiger charge is -2.37. The van der Waals surface area contributed by atoms with Gasteiger partial charge in [-0.25, -0.2) is 9.37 Å². The number of rotatable bonds is 3. The topological polar surface area (TPSA) is 43.8 Å². The predicted molar refractivity (Wildman–Crippen MR) is 97.2 cm³/mol. The van der Waals surface area contributed by atoms with Crippen LogP contribution in [0.1, 0.15) is 9.88 Å². The summed E-state index contributed by atoms with van der Waals surface area (Å²) in [6, 6.07) is 6.70. The molecule has 2 heterocycles. The van der Waals surface area contributed by atoms with E-state index in [1.807, 2.05) is 32.3 Å². The normalized spacial score (nSPS) is 15.7. The maximum Gasteiger partial charge on any atom is 0.194 e. The molecule has 1 aliphatic rings. The Morgan fingerprint density at radius 1 is 1.25 bits per heavy atom. The Hall–Kier alpha value is -2.15. The molecule has 2 aromatic rings. The number of hydrogen-bond acceptors (Lipinski definition) is 4. The van der Waals surface area contributed by atoms with Crippen LogP contribution < -0.4 is 10.2 Å². The van der Waals surface area contributed by atoms with Gasteiger partial charge >= 0.3 is 0 Å². The second-order valence-corrected chi connectivity index (χ2v) is 7.02. The molecule has 1 aromatic heterocycles. The van der Waals surface area contributed by atoms with Crippen molar-refractivity contribution < 1.29 is 4.39 Å². The third-order valence-electron chi connectivity index (χ3n) is 4.07. The summed E-state index contributed by atoms with van der Waals surface area (Å²) < 4.78 is 13.0. The quantitative estimate of drug-likeness (QED) is 0.684. The van der Waals surface area contributed by atoms with E-state index in [0.717, 1.165) is 49.4 Å². The zero-order chi connectivity index (χ0) is 16.9. The van der Waals surface area contributed by atoms with E-state index >= 15 is 0 Å². The molecule has 0 unspecified atom stereocenters. The highest BCUT2D eigenvalue weighted by Gasteiger charge is 2.19. The highest BCUT2D eigenvalue weighted by atomic mass is 32.1. The van der Waals surface area contributed by atoms with Crippen LogP contribution in [0.5, 0.6) is 0 Å². The predicted octanol–water partition coefficient (Wildman–Crippen LogP) is 2.49. The lowest BCUT2D eigenvalue weighted by atomic mass is 10.2. The fourth-order valence-corrected chi connectivity index (χ4v) is 3.55. The first-order chi connectivity index (χ1) is 11.7. The van der Waals surface area contributed by atoms with Gasteiger partial charge in [-0.1, -0.05) is 0 Å². The van der Waals surface area contributed by atoms with Gasteiger partial charge in [0, 0.05) is 50.0 Å². The van der Waals surface area contributed by atoms with E-state index in [-0.39, 0.29) is 5.82 Å². The van der Waals surface area contributed by atoms with Gasteiger partial charge in [0.1, 0.15) is 5.82 Å². The zero-order valence-corrected chi connectivity index (χ0v) is 14.8. The molecule has 0 bridgehead atoms. The Kier molecular flexibility index (Phi) is 5.30. The molecule has 5 nitrogen and oxygen atoms in total. The smallest absolute Gasteiger partial charge is 0.194 e. The number of hydrogen-bond donors (Lipinski definition) is 1. The van der Waals surface area contributed by atoms with E-state index in [4.69, 9.17) is 0 Å². The van der Waals surface area contributed by atoms with Crippen LogP contribution in [0, 0.1) is 12.7 Å². The van der Waals surface area contributed by atoms with Crippen LogP contribution in [-0.4, -0.2) is 49.1 Å². The average molecular weight is 347 g/mol. The lowest BCUT2D eigenvalue weighted by Crippen LogP contribution is -2.52. The average Bonchev–Trinajstić information content (AvgIpc) is 3.02. The number of benzene rings is 1. The maximum atomic E-state index is 13.0. The first kappa shape index (κ1) is 16.7. The second kappa shape index (κ2) is 7.61. The molecule has 7 heteroatoms. The van der Waals surface area contributed by atoms with Crippen molar-refractivity contribution in [2.75, 3.05) is 38.1 Å². The van der Waals surface area contributed by atoms with Crippen LogP contribution in [0.3, 0.4) is 0 Å². The van der Waals surface area contributed by atoms with E-state index in [1.165, 1.54) is 17.0 Å². The van der Waals surface area contributed by atoms with E-state index in [9.17, 15) is 4.39 Å². The number of guanidine groups is 1. The van der Waals surface area contributed by atoms with Crippen LogP contribution in [0.2, 0.25) is 0 Å². The minimum atomic E-state index is -0.194. The Morgan fingerprint density at radius 3 is 2.54 bits per heavy atom. The van der Waals surface area contributed by atoms with Crippen molar-refractivity contribution in [2.24, 2.45) is 4.99 Å². The Balaban J connectivity index is 1.53. The van der Waals surface area contributed by atoms with Crippen molar-refractivity contribution in [1.82, 2.24) is 15.2 Å². The van der Waals surface area contributed by atoms with Crippen LogP contribution in [0.25, 0.3) is 0 Å². The van der Waals surface area contributed by atoms with Gasteiger partial charge < -0.3 is 15.1 Å². The number of aryl methyl sites for hydroxylation is 1. The van der Waals surface area contributed by atoms with Gasteiger partial charge in [0.05, 0.1) is 11.6 Å². The first-order valence-electron chi connectivity index (χ1n) is 8.03. The van der Waals surface area contributed by atoms with Gasteiger partial charge in [-0.15, -0.1) is 11.3 Å². The standard InChI is InChI=1S/C17H22FN5S/c1-13-20-11-16(24-13)12-21-17(19-2)23-9-7-22(8-10-23)15-5-3-14(18)4-6-15/h3-6,11H,7-10,12H2,1-2H3,(H,19,21). The van der Waals surface area contributed by atoms with Crippen molar-refractivity contribution in [3.8, 4) is 0 Å². The van der Waals surface area contributed by atoms with Crippen molar-refractivity contribution in [3.63, 3.8) is 0 Å². The van der Waals surface area contributed by atoms with Crippen LogP contribution in [0.15, 0.2) is 35.5 Å². The van der Waals surface area contributed by atoms with Gasteiger partial charge in [-0.05, 0) is 31.2 Å². The maximum absolute atomic E-state index is 13.0.